The standard InChI is InChI=1S/C39H28Cl2N3O11PS/c40-17-21-19-42(29-15-31(25-5-1-3-7-27(25)35(21)29)54-39(47)53-24-11-9-23(10-12-24)44(48)49)37(45)33-13-14-34(57-33)38(46)43-20-22(18-41)36-28-8-4-2-6-26(28)32(16-30(36)43)55-56(50,51)52/h1-16,21-22H,17-20H2,(H2,50,51,52)/t21-,22-/m1/s1. The Hall–Kier alpha value is -5.54. The second-order valence-electron chi connectivity index (χ2n) is 13.2. The maximum atomic E-state index is 14.3. The van der Waals surface area contributed by atoms with Crippen LogP contribution in [0.3, 0.4) is 0 Å². The van der Waals surface area contributed by atoms with E-state index in [2.05, 4.69) is 0 Å². The molecule has 57 heavy (non-hydrogen) atoms. The lowest BCUT2D eigenvalue weighted by Crippen LogP contribution is -2.30. The second-order valence-corrected chi connectivity index (χ2v) is 16.1. The minimum atomic E-state index is -4.96. The molecule has 6 aromatic rings. The van der Waals surface area contributed by atoms with Crippen molar-refractivity contribution in [3.8, 4) is 17.2 Å². The summed E-state index contributed by atoms with van der Waals surface area (Å²) in [5, 5.41) is 13.4. The predicted molar refractivity (Wildman–Crippen MR) is 215 cm³/mol. The van der Waals surface area contributed by atoms with Crippen LogP contribution in [0.1, 0.15) is 42.3 Å². The number of alkyl halides is 2. The van der Waals surface area contributed by atoms with Gasteiger partial charge in [-0.1, -0.05) is 48.5 Å². The van der Waals surface area contributed by atoms with Crippen molar-refractivity contribution in [2.45, 2.75) is 11.8 Å². The molecule has 290 valence electrons. The van der Waals surface area contributed by atoms with Crippen molar-refractivity contribution in [3.05, 3.63) is 128 Å². The Labute approximate surface area is 337 Å². The number of phosphoric ester groups is 1. The molecule has 14 nitrogen and oxygen atoms in total. The molecule has 3 heterocycles. The van der Waals surface area contributed by atoms with E-state index >= 15 is 0 Å². The number of nitrogens with zero attached hydrogens (tertiary/aromatic N) is 3. The third-order valence-corrected chi connectivity index (χ3v) is 12.0. The lowest BCUT2D eigenvalue weighted by atomic mass is 9.95. The Bertz CT molecular complexity index is 2690. The third-order valence-electron chi connectivity index (χ3n) is 9.81. The lowest BCUT2D eigenvalue weighted by molar-refractivity contribution is -0.384. The zero-order chi connectivity index (χ0) is 40.2. The van der Waals surface area contributed by atoms with Crippen molar-refractivity contribution in [2.75, 3.05) is 34.6 Å². The molecule has 2 atom stereocenters. The van der Waals surface area contributed by atoms with Crippen molar-refractivity contribution in [3.63, 3.8) is 0 Å². The van der Waals surface area contributed by atoms with Crippen LogP contribution in [0.2, 0.25) is 0 Å². The number of ether oxygens (including phenoxy) is 2. The topological polar surface area (TPSA) is 186 Å². The third kappa shape index (κ3) is 7.18. The normalized spacial score (nSPS) is 16.1. The Morgan fingerprint density at radius 2 is 1.21 bits per heavy atom. The number of nitro groups is 1. The fourth-order valence-electron chi connectivity index (χ4n) is 7.43. The van der Waals surface area contributed by atoms with Crippen LogP contribution in [-0.2, 0) is 4.57 Å². The summed E-state index contributed by atoms with van der Waals surface area (Å²) in [7, 11) is -4.96. The molecule has 0 spiro atoms. The number of amides is 2. The SMILES string of the molecule is O=C(Oc1ccc([N+](=O)[O-])cc1)Oc1cc2c(c3ccccc13)[C@H](CCl)CN2C(=O)c1ccc(C(=O)N2C[C@@H](CCl)c3c2cc(OP(=O)(O)O)c2ccccc32)s1. The molecule has 0 saturated heterocycles. The van der Waals surface area contributed by atoms with Gasteiger partial charge in [-0.2, -0.15) is 0 Å². The molecular formula is C39H28Cl2N3O11PS. The predicted octanol–water partition coefficient (Wildman–Crippen LogP) is 8.98. The lowest BCUT2D eigenvalue weighted by Gasteiger charge is -2.19. The van der Waals surface area contributed by atoms with E-state index in [-0.39, 0.29) is 69.4 Å². The van der Waals surface area contributed by atoms with Crippen LogP contribution in [0.15, 0.2) is 97.1 Å². The van der Waals surface area contributed by atoms with Crippen molar-refractivity contribution >= 4 is 98.9 Å². The van der Waals surface area contributed by atoms with E-state index in [4.69, 9.17) is 37.2 Å². The van der Waals surface area contributed by atoms with Gasteiger partial charge in [-0.05, 0) is 46.2 Å². The Morgan fingerprint density at radius 1 is 0.737 bits per heavy atom. The Morgan fingerprint density at radius 3 is 1.68 bits per heavy atom. The van der Waals surface area contributed by atoms with Crippen LogP contribution >= 0.6 is 42.4 Å². The molecule has 0 bridgehead atoms. The van der Waals surface area contributed by atoms with E-state index in [0.717, 1.165) is 22.5 Å². The number of carbonyl (C=O) groups is 3. The maximum Gasteiger partial charge on any atom is 0.524 e. The number of benzene rings is 5. The first-order chi connectivity index (χ1) is 27.3. The average Bonchev–Trinajstić information content (AvgIpc) is 3.93. The molecule has 5 aromatic carbocycles. The van der Waals surface area contributed by atoms with Crippen LogP contribution in [0.25, 0.3) is 21.5 Å². The molecule has 1 aromatic heterocycles. The number of hydrogen-bond acceptors (Lipinski definition) is 10. The molecule has 18 heteroatoms. The van der Waals surface area contributed by atoms with Gasteiger partial charge in [0.25, 0.3) is 17.5 Å². The minimum Gasteiger partial charge on any atom is -0.404 e. The number of phosphoric acid groups is 1. The number of hydrogen-bond donors (Lipinski definition) is 2. The maximum absolute atomic E-state index is 14.3. The summed E-state index contributed by atoms with van der Waals surface area (Å²) in [6.07, 6.45) is -1.10. The molecule has 0 aliphatic carbocycles. The van der Waals surface area contributed by atoms with E-state index in [0.29, 0.717) is 32.9 Å². The molecule has 8 rings (SSSR count). The fourth-order valence-corrected chi connectivity index (χ4v) is 9.24. The Balaban J connectivity index is 1.10. The summed E-state index contributed by atoms with van der Waals surface area (Å²) in [5.74, 6) is -1.08. The summed E-state index contributed by atoms with van der Waals surface area (Å²) in [6.45, 7) is 0.382. The number of rotatable bonds is 9. The zero-order valence-corrected chi connectivity index (χ0v) is 32.5. The van der Waals surface area contributed by atoms with Gasteiger partial charge in [0.1, 0.15) is 17.2 Å². The van der Waals surface area contributed by atoms with Crippen LogP contribution in [0.5, 0.6) is 17.2 Å². The van der Waals surface area contributed by atoms with E-state index in [9.17, 15) is 38.8 Å². The highest BCUT2D eigenvalue weighted by Gasteiger charge is 2.39. The molecule has 0 fully saturated rings. The smallest absolute Gasteiger partial charge is 0.404 e. The summed E-state index contributed by atoms with van der Waals surface area (Å²) in [6, 6.07) is 25.1. The van der Waals surface area contributed by atoms with Crippen molar-refractivity contribution in [1.29, 1.82) is 0 Å². The van der Waals surface area contributed by atoms with Crippen LogP contribution < -0.4 is 23.8 Å². The molecule has 2 aliphatic rings. The van der Waals surface area contributed by atoms with Gasteiger partial charge in [-0.25, -0.2) is 9.36 Å². The number of non-ortho nitro benzene ring substituents is 1. The number of thiophene rings is 1. The molecule has 0 saturated carbocycles. The number of nitro benzene ring substituents is 1. The number of carbonyl (C=O) groups excluding carboxylic acids is 3. The van der Waals surface area contributed by atoms with Crippen LogP contribution in [0, 0.1) is 10.1 Å². The van der Waals surface area contributed by atoms with Gasteiger partial charge in [0.15, 0.2) is 0 Å². The van der Waals surface area contributed by atoms with E-state index in [1.807, 2.05) is 12.1 Å². The highest BCUT2D eigenvalue weighted by atomic mass is 35.5. The largest absolute Gasteiger partial charge is 0.524 e. The van der Waals surface area contributed by atoms with Gasteiger partial charge in [0.2, 0.25) is 0 Å². The summed E-state index contributed by atoms with van der Waals surface area (Å²) in [5.41, 5.74) is 2.17. The quantitative estimate of drug-likeness (QED) is 0.0353. The van der Waals surface area contributed by atoms with E-state index < -0.39 is 30.7 Å². The van der Waals surface area contributed by atoms with Gasteiger partial charge >= 0.3 is 14.0 Å². The fraction of sp³-hybridized carbons (Fsp3) is 0.154. The van der Waals surface area contributed by atoms with Crippen molar-refractivity contribution < 1.29 is 47.7 Å². The highest BCUT2D eigenvalue weighted by Crippen LogP contribution is 2.50. The highest BCUT2D eigenvalue weighted by molar-refractivity contribution is 7.46. The van der Waals surface area contributed by atoms with Crippen molar-refractivity contribution in [1.82, 2.24) is 0 Å². The molecule has 2 N–H and O–H groups in total. The van der Waals surface area contributed by atoms with Gasteiger partial charge in [-0.15, -0.1) is 34.5 Å². The van der Waals surface area contributed by atoms with Crippen LogP contribution in [0.4, 0.5) is 21.9 Å². The minimum absolute atomic E-state index is 0.0250. The van der Waals surface area contributed by atoms with Crippen LogP contribution in [-0.4, -0.2) is 57.5 Å². The number of anilines is 2. The molecule has 2 amide bonds. The van der Waals surface area contributed by atoms with Gasteiger partial charge in [0.05, 0.1) is 26.1 Å². The molecule has 0 radical (unpaired) electrons. The first kappa shape index (κ1) is 38.3. The molecule has 0 unspecified atom stereocenters. The molecular weight excluding hydrogens is 820 g/mol. The summed E-state index contributed by atoms with van der Waals surface area (Å²) >= 11 is 13.8. The first-order valence-corrected chi connectivity index (χ1v) is 20.6. The number of fused-ring (bicyclic) bond motifs is 6. The van der Waals surface area contributed by atoms with E-state index in [1.54, 1.807) is 54.6 Å². The average molecular weight is 849 g/mol. The van der Waals surface area contributed by atoms with E-state index in [1.165, 1.54) is 40.1 Å². The Kier molecular flexibility index (Phi) is 10.1. The first-order valence-electron chi connectivity index (χ1n) is 17.2. The number of halogens is 2. The summed E-state index contributed by atoms with van der Waals surface area (Å²) in [4.78, 5) is 74.7. The molecule has 2 aliphatic heterocycles. The monoisotopic (exact) mass is 847 g/mol. The second kappa shape index (κ2) is 15.1. The van der Waals surface area contributed by atoms with Crippen molar-refractivity contribution in [2.24, 2.45) is 0 Å². The van der Waals surface area contributed by atoms with Gasteiger partial charge in [0, 0.05) is 71.7 Å². The van der Waals surface area contributed by atoms with Gasteiger partial charge < -0.3 is 23.8 Å². The summed E-state index contributed by atoms with van der Waals surface area (Å²) < 4.78 is 27.9. The van der Waals surface area contributed by atoms with Gasteiger partial charge in [-0.3, -0.25) is 29.5 Å². The zero-order valence-electron chi connectivity index (χ0n) is 29.2.